The Balaban J connectivity index is 1.47. The number of aromatic nitrogens is 3. The quantitative estimate of drug-likeness (QED) is 0.656. The topological polar surface area (TPSA) is 75.5 Å². The van der Waals surface area contributed by atoms with Gasteiger partial charge >= 0.3 is 5.97 Å². The van der Waals surface area contributed by atoms with Crippen LogP contribution in [0.15, 0.2) is 48.9 Å². The lowest BCUT2D eigenvalue weighted by Crippen LogP contribution is -2.14. The van der Waals surface area contributed by atoms with E-state index in [0.29, 0.717) is 34.3 Å². The SMILES string of the molecule is O=C(OCc1cc(Cl)cc2c1OCOC2)c1ccc(-n2cccn2)nc1. The van der Waals surface area contributed by atoms with Crippen molar-refractivity contribution in [2.24, 2.45) is 0 Å². The van der Waals surface area contributed by atoms with Crippen molar-refractivity contribution in [3.8, 4) is 11.6 Å². The predicted molar refractivity (Wildman–Crippen MR) is 92.2 cm³/mol. The van der Waals surface area contributed by atoms with Gasteiger partial charge in [-0.15, -0.1) is 0 Å². The van der Waals surface area contributed by atoms with Gasteiger partial charge in [0.05, 0.1) is 12.2 Å². The molecule has 1 aliphatic rings. The number of hydrogen-bond acceptors (Lipinski definition) is 6. The lowest BCUT2D eigenvalue weighted by Gasteiger charge is -2.21. The van der Waals surface area contributed by atoms with E-state index in [1.807, 2.05) is 0 Å². The van der Waals surface area contributed by atoms with E-state index in [1.54, 1.807) is 47.4 Å². The number of carbonyl (C=O) groups excluding carboxylic acids is 1. The molecule has 0 radical (unpaired) electrons. The van der Waals surface area contributed by atoms with Crippen LogP contribution < -0.4 is 4.74 Å². The number of carbonyl (C=O) groups is 1. The Morgan fingerprint density at radius 1 is 1.35 bits per heavy atom. The highest BCUT2D eigenvalue weighted by molar-refractivity contribution is 6.30. The Hall–Kier alpha value is -2.90. The van der Waals surface area contributed by atoms with Crippen LogP contribution in [-0.2, 0) is 22.7 Å². The summed E-state index contributed by atoms with van der Waals surface area (Å²) >= 11 is 6.11. The number of hydrogen-bond donors (Lipinski definition) is 0. The van der Waals surface area contributed by atoms with Crippen molar-refractivity contribution in [3.05, 3.63) is 70.6 Å². The molecule has 0 spiro atoms. The summed E-state index contributed by atoms with van der Waals surface area (Å²) in [5, 5.41) is 4.62. The van der Waals surface area contributed by atoms with Gasteiger partial charge in [0, 0.05) is 34.7 Å². The van der Waals surface area contributed by atoms with E-state index in [-0.39, 0.29) is 13.4 Å². The van der Waals surface area contributed by atoms with Crippen molar-refractivity contribution in [1.29, 1.82) is 0 Å². The molecule has 8 heteroatoms. The van der Waals surface area contributed by atoms with E-state index < -0.39 is 5.97 Å². The highest BCUT2D eigenvalue weighted by atomic mass is 35.5. The lowest BCUT2D eigenvalue weighted by atomic mass is 10.1. The summed E-state index contributed by atoms with van der Waals surface area (Å²) in [5.41, 5.74) is 1.88. The lowest BCUT2D eigenvalue weighted by molar-refractivity contribution is -0.0180. The van der Waals surface area contributed by atoms with Gasteiger partial charge in [-0.05, 0) is 30.3 Å². The molecule has 7 nitrogen and oxygen atoms in total. The molecule has 0 aliphatic carbocycles. The number of esters is 1. The molecule has 0 amide bonds. The minimum atomic E-state index is -0.481. The fourth-order valence-electron chi connectivity index (χ4n) is 2.64. The summed E-state index contributed by atoms with van der Waals surface area (Å²) in [6.45, 7) is 0.618. The first-order valence-corrected chi connectivity index (χ1v) is 8.23. The molecule has 0 bridgehead atoms. The zero-order chi connectivity index (χ0) is 17.9. The Kier molecular flexibility index (Phi) is 4.55. The number of rotatable bonds is 4. The molecular weight excluding hydrogens is 358 g/mol. The largest absolute Gasteiger partial charge is 0.467 e. The first-order valence-electron chi connectivity index (χ1n) is 7.86. The maximum atomic E-state index is 12.3. The van der Waals surface area contributed by atoms with Gasteiger partial charge in [0.1, 0.15) is 12.4 Å². The third kappa shape index (κ3) is 3.40. The van der Waals surface area contributed by atoms with Crippen molar-refractivity contribution in [2.75, 3.05) is 6.79 Å². The first-order chi connectivity index (χ1) is 12.7. The third-order valence-corrected chi connectivity index (χ3v) is 4.05. The fourth-order valence-corrected chi connectivity index (χ4v) is 2.90. The Bertz CT molecular complexity index is 926. The molecule has 3 aromatic rings. The van der Waals surface area contributed by atoms with Gasteiger partial charge in [0.2, 0.25) is 0 Å². The summed E-state index contributed by atoms with van der Waals surface area (Å²) in [6, 6.07) is 8.63. The Labute approximate surface area is 154 Å². The second-order valence-electron chi connectivity index (χ2n) is 5.60. The first kappa shape index (κ1) is 16.6. The van der Waals surface area contributed by atoms with Gasteiger partial charge in [-0.1, -0.05) is 11.6 Å². The van der Waals surface area contributed by atoms with Gasteiger partial charge in [0.25, 0.3) is 0 Å². The summed E-state index contributed by atoms with van der Waals surface area (Å²) in [5.74, 6) is 0.787. The molecule has 0 N–H and O–H groups in total. The summed E-state index contributed by atoms with van der Waals surface area (Å²) in [6.07, 6.45) is 4.88. The highest BCUT2D eigenvalue weighted by Gasteiger charge is 2.18. The monoisotopic (exact) mass is 371 g/mol. The molecule has 0 atom stereocenters. The molecule has 0 unspecified atom stereocenters. The molecule has 3 heterocycles. The highest BCUT2D eigenvalue weighted by Crippen LogP contribution is 2.32. The minimum Gasteiger partial charge on any atom is -0.467 e. The average Bonchev–Trinajstić information content (AvgIpc) is 3.20. The summed E-state index contributed by atoms with van der Waals surface area (Å²) in [7, 11) is 0. The average molecular weight is 372 g/mol. The number of halogens is 1. The summed E-state index contributed by atoms with van der Waals surface area (Å²) in [4.78, 5) is 16.5. The number of nitrogens with zero attached hydrogens (tertiary/aromatic N) is 3. The maximum absolute atomic E-state index is 12.3. The smallest absolute Gasteiger partial charge is 0.340 e. The Morgan fingerprint density at radius 3 is 3.04 bits per heavy atom. The minimum absolute atomic E-state index is 0.0443. The van der Waals surface area contributed by atoms with Gasteiger partial charge in [-0.3, -0.25) is 0 Å². The van der Waals surface area contributed by atoms with E-state index in [2.05, 4.69) is 10.1 Å². The van der Waals surface area contributed by atoms with E-state index in [0.717, 1.165) is 5.56 Å². The van der Waals surface area contributed by atoms with Gasteiger partial charge in [-0.25, -0.2) is 14.5 Å². The molecular formula is C18H14ClN3O4. The Morgan fingerprint density at radius 2 is 2.27 bits per heavy atom. The normalized spacial score (nSPS) is 13.0. The second-order valence-corrected chi connectivity index (χ2v) is 6.03. The summed E-state index contributed by atoms with van der Waals surface area (Å²) < 4.78 is 17.7. The zero-order valence-electron chi connectivity index (χ0n) is 13.6. The van der Waals surface area contributed by atoms with Crippen LogP contribution in [0, 0.1) is 0 Å². The number of ether oxygens (including phenoxy) is 3. The molecule has 132 valence electrons. The third-order valence-electron chi connectivity index (χ3n) is 3.83. The standard InChI is InChI=1S/C18H14ClN3O4/c19-15-6-13-9-24-11-26-17(13)14(7-15)10-25-18(23)12-2-3-16(20-8-12)22-5-1-4-21-22/h1-8H,9-11H2. The van der Waals surface area contributed by atoms with E-state index in [1.165, 1.54) is 6.20 Å². The number of benzene rings is 1. The van der Waals surface area contributed by atoms with E-state index >= 15 is 0 Å². The van der Waals surface area contributed by atoms with Crippen LogP contribution in [0.1, 0.15) is 21.5 Å². The molecule has 0 saturated heterocycles. The van der Waals surface area contributed by atoms with Crippen molar-refractivity contribution in [3.63, 3.8) is 0 Å². The fraction of sp³-hybridized carbons (Fsp3) is 0.167. The zero-order valence-corrected chi connectivity index (χ0v) is 14.3. The van der Waals surface area contributed by atoms with Gasteiger partial charge in [-0.2, -0.15) is 5.10 Å². The van der Waals surface area contributed by atoms with Crippen molar-refractivity contribution >= 4 is 17.6 Å². The van der Waals surface area contributed by atoms with Crippen molar-refractivity contribution in [1.82, 2.24) is 14.8 Å². The van der Waals surface area contributed by atoms with Gasteiger partial charge in [0.15, 0.2) is 12.6 Å². The van der Waals surface area contributed by atoms with Crippen LogP contribution in [0.2, 0.25) is 5.02 Å². The van der Waals surface area contributed by atoms with Crippen LogP contribution in [0.25, 0.3) is 5.82 Å². The van der Waals surface area contributed by atoms with Crippen LogP contribution >= 0.6 is 11.6 Å². The van der Waals surface area contributed by atoms with Crippen LogP contribution in [0.5, 0.6) is 5.75 Å². The molecule has 0 fully saturated rings. The van der Waals surface area contributed by atoms with Crippen LogP contribution in [0.3, 0.4) is 0 Å². The van der Waals surface area contributed by atoms with Crippen LogP contribution in [0.4, 0.5) is 0 Å². The number of fused-ring (bicyclic) bond motifs is 1. The molecule has 4 rings (SSSR count). The molecule has 2 aromatic heterocycles. The van der Waals surface area contributed by atoms with Crippen LogP contribution in [-0.4, -0.2) is 27.5 Å². The molecule has 0 saturated carbocycles. The van der Waals surface area contributed by atoms with Crippen molar-refractivity contribution < 1.29 is 19.0 Å². The second kappa shape index (κ2) is 7.15. The van der Waals surface area contributed by atoms with Gasteiger partial charge < -0.3 is 14.2 Å². The maximum Gasteiger partial charge on any atom is 0.340 e. The van der Waals surface area contributed by atoms with Crippen molar-refractivity contribution in [2.45, 2.75) is 13.2 Å². The van der Waals surface area contributed by atoms with E-state index in [4.69, 9.17) is 25.8 Å². The number of pyridine rings is 1. The van der Waals surface area contributed by atoms with E-state index in [9.17, 15) is 4.79 Å². The molecule has 1 aliphatic heterocycles. The predicted octanol–water partition coefficient (Wildman–Crippen LogP) is 3.14. The molecule has 1 aromatic carbocycles. The molecule has 26 heavy (non-hydrogen) atoms.